The van der Waals surface area contributed by atoms with E-state index >= 15 is 0 Å². The van der Waals surface area contributed by atoms with Crippen LogP contribution in [-0.4, -0.2) is 159 Å². The van der Waals surface area contributed by atoms with E-state index in [-0.39, 0.29) is 127 Å². The summed E-state index contributed by atoms with van der Waals surface area (Å²) in [4.78, 5) is 61.2. The molecule has 0 bridgehead atoms. The third-order valence-corrected chi connectivity index (χ3v) is 11.6. The molecule has 27 N–H and O–H groups in total. The maximum Gasteiger partial charge on any atom is 0.418 e. The van der Waals surface area contributed by atoms with Gasteiger partial charge >= 0.3 is 24.3 Å². The van der Waals surface area contributed by atoms with Gasteiger partial charge in [-0.15, -0.1) is 12.4 Å². The summed E-state index contributed by atoms with van der Waals surface area (Å²) in [5.41, 5.74) is 5.76. The van der Waals surface area contributed by atoms with Crippen molar-refractivity contribution in [2.75, 3.05) is 70.0 Å². The first-order chi connectivity index (χ1) is 25.7. The van der Waals surface area contributed by atoms with E-state index in [9.17, 15) is 37.5 Å². The van der Waals surface area contributed by atoms with Gasteiger partial charge in [-0.1, -0.05) is 29.8 Å². The Labute approximate surface area is 396 Å². The molecular weight excluding hydrogens is 957 g/mol. The number of nitrogens with zero attached hydrogens (tertiary/aromatic N) is 5. The van der Waals surface area contributed by atoms with Crippen LogP contribution in [0, 0.1) is 0 Å². The number of amides is 4. The number of para-hydroxylation sites is 1. The van der Waals surface area contributed by atoms with E-state index < -0.39 is 47.5 Å². The fourth-order valence-electron chi connectivity index (χ4n) is 8.02. The van der Waals surface area contributed by atoms with Crippen molar-refractivity contribution in [3.63, 3.8) is 0 Å². The van der Waals surface area contributed by atoms with Crippen molar-refractivity contribution in [1.82, 2.24) is 55.3 Å². The largest absolute Gasteiger partial charge is 0.480 e. The number of likely N-dealkylation sites (tertiary alicyclic amines) is 2. The molecular formula is C37H74Cl2F6N12O10. The summed E-state index contributed by atoms with van der Waals surface area (Å²) < 4.78 is 47.4. The number of fused-ring (bicyclic) bond motifs is 1. The number of carboxylic acid groups (broad SMARTS) is 1. The number of alkyl halides is 3. The molecule has 4 aliphatic heterocycles. The summed E-state index contributed by atoms with van der Waals surface area (Å²) in [6.07, 6.45) is -4.11. The standard InChI is InChI=1S/C37H47ClF3N7O6.ClH.3FH.5H3N.4H2O/c1-23(34(50)51)44-11-7-26(8-12-44)45-16-18-46(19-17-45)33(49)31(22-24-20-28(37(39,40)41)32(42)29(38)21-24)54-36(53)47-13-9-27(10-14-47)48-15-6-25-4-2-3-5-30(25)43-35(48)52;;;;;;;;;;;;;/h2-5,20-21,23,26-27,31H,6-19,22,42H2,1H3,(H,43,52)(H,50,51);4*1H;5*1H3;4*1H2/t23?,31-;;;;;;;;;;;;;/m1............./s1. The molecule has 2 aromatic carbocycles. The molecule has 2 atom stereocenters. The number of rotatable bonds is 8. The van der Waals surface area contributed by atoms with Gasteiger partial charge in [0.05, 0.1) is 16.3 Å². The van der Waals surface area contributed by atoms with Gasteiger partial charge in [0, 0.05) is 83.1 Å². The van der Waals surface area contributed by atoms with Gasteiger partial charge in [0.2, 0.25) is 0 Å². The molecule has 67 heavy (non-hydrogen) atoms. The minimum Gasteiger partial charge on any atom is -0.480 e. The molecule has 0 spiro atoms. The lowest BCUT2D eigenvalue weighted by molar-refractivity contribution is -0.143. The molecule has 2 aromatic rings. The molecule has 0 aromatic heterocycles. The number of nitrogen functional groups attached to an aromatic ring is 1. The molecule has 4 amide bonds. The SMILES string of the molecule is CC(C(=O)O)N1CCC(N2CCN(C(=O)[C@@H](Cc3cc(Cl)c(N)c(C(F)(F)F)c3)OC(=O)N3CCC(N4CCc5ccccc5NC4=O)CC3)CC2)CC1.Cl.F.F.F.N.N.N.N.N.O.O.O.O. The fraction of sp³-hybridized carbons (Fsp3) is 0.568. The summed E-state index contributed by atoms with van der Waals surface area (Å²) in [7, 11) is 0. The average Bonchev–Trinajstić information content (AvgIpc) is 3.33. The number of piperazine rings is 1. The van der Waals surface area contributed by atoms with Crippen LogP contribution in [0.15, 0.2) is 36.4 Å². The van der Waals surface area contributed by atoms with Crippen LogP contribution < -0.4 is 41.8 Å². The van der Waals surface area contributed by atoms with Crippen LogP contribution >= 0.6 is 24.0 Å². The van der Waals surface area contributed by atoms with Crippen LogP contribution in [0.3, 0.4) is 0 Å². The number of halogens is 8. The second-order valence-electron chi connectivity index (χ2n) is 14.5. The van der Waals surface area contributed by atoms with E-state index in [2.05, 4.69) is 10.2 Å². The molecule has 0 aliphatic carbocycles. The number of ether oxygens (including phenoxy) is 1. The highest BCUT2D eigenvalue weighted by Crippen LogP contribution is 2.38. The molecule has 3 saturated heterocycles. The van der Waals surface area contributed by atoms with E-state index in [1.54, 1.807) is 16.7 Å². The summed E-state index contributed by atoms with van der Waals surface area (Å²) in [6, 6.07) is 9.07. The Kier molecular flexibility index (Phi) is 40.2. The van der Waals surface area contributed by atoms with Gasteiger partial charge in [-0.3, -0.25) is 33.5 Å². The number of aliphatic carboxylic acids is 1. The van der Waals surface area contributed by atoms with Crippen molar-refractivity contribution in [1.29, 1.82) is 0 Å². The Hall–Kier alpha value is -4.56. The zero-order valence-electron chi connectivity index (χ0n) is 37.4. The topological polar surface area (TPSA) is 453 Å². The second kappa shape index (κ2) is 33.8. The molecule has 22 nitrogen and oxygen atoms in total. The molecule has 0 saturated carbocycles. The van der Waals surface area contributed by atoms with Crippen molar-refractivity contribution in [3.8, 4) is 0 Å². The predicted molar refractivity (Wildman–Crippen MR) is 249 cm³/mol. The van der Waals surface area contributed by atoms with E-state index in [4.69, 9.17) is 22.1 Å². The van der Waals surface area contributed by atoms with Gasteiger partial charge in [-0.25, -0.2) is 9.59 Å². The summed E-state index contributed by atoms with van der Waals surface area (Å²) in [6.45, 7) is 5.74. The van der Waals surface area contributed by atoms with E-state index in [0.29, 0.717) is 65.1 Å². The Bertz CT molecular complexity index is 1750. The first kappa shape index (κ1) is 79.5. The van der Waals surface area contributed by atoms with E-state index in [0.717, 1.165) is 30.2 Å². The van der Waals surface area contributed by atoms with Crippen LogP contribution in [0.4, 0.5) is 48.2 Å². The maximum atomic E-state index is 14.1. The quantitative estimate of drug-likeness (QED) is 0.139. The van der Waals surface area contributed by atoms with Crippen LogP contribution in [0.25, 0.3) is 0 Å². The van der Waals surface area contributed by atoms with E-state index in [1.807, 2.05) is 29.2 Å². The van der Waals surface area contributed by atoms with Crippen molar-refractivity contribution < 1.29 is 78.2 Å². The zero-order chi connectivity index (χ0) is 38.7. The minimum atomic E-state index is -4.80. The molecule has 1 unspecified atom stereocenters. The number of piperidine rings is 2. The van der Waals surface area contributed by atoms with Crippen molar-refractivity contribution in [2.45, 2.75) is 75.9 Å². The van der Waals surface area contributed by atoms with Gasteiger partial charge < -0.3 is 88.3 Å². The first-order valence-corrected chi connectivity index (χ1v) is 18.8. The molecule has 3 fully saturated rings. The van der Waals surface area contributed by atoms with Gasteiger partial charge in [0.1, 0.15) is 6.04 Å². The number of carboxylic acids is 1. The maximum absolute atomic E-state index is 14.1. The van der Waals surface area contributed by atoms with E-state index in [1.165, 1.54) is 11.0 Å². The lowest BCUT2D eigenvalue weighted by Crippen LogP contribution is -2.57. The van der Waals surface area contributed by atoms with Gasteiger partial charge in [0.15, 0.2) is 6.10 Å². The number of benzene rings is 2. The third kappa shape index (κ3) is 18.8. The van der Waals surface area contributed by atoms with Gasteiger partial charge in [-0.2, -0.15) is 13.2 Å². The second-order valence-corrected chi connectivity index (χ2v) is 14.9. The predicted octanol–water partition coefficient (Wildman–Crippen LogP) is 3.02. The number of hydrogen-bond acceptors (Lipinski definition) is 13. The first-order valence-electron chi connectivity index (χ1n) is 18.5. The average molecular weight is 1030 g/mol. The van der Waals surface area contributed by atoms with Crippen LogP contribution in [0.5, 0.6) is 0 Å². The number of hydrogen-bond donors (Lipinski definition) is 8. The Morgan fingerprint density at radius 2 is 1.34 bits per heavy atom. The number of nitrogens with two attached hydrogens (primary N) is 1. The van der Waals surface area contributed by atoms with Gasteiger partial charge in [0.25, 0.3) is 5.91 Å². The highest BCUT2D eigenvalue weighted by molar-refractivity contribution is 6.33. The molecule has 0 radical (unpaired) electrons. The minimum absolute atomic E-state index is 0. The monoisotopic (exact) mass is 1030 g/mol. The number of carbonyl (C=O) groups is 4. The lowest BCUT2D eigenvalue weighted by atomic mass is 10.00. The summed E-state index contributed by atoms with van der Waals surface area (Å²) in [5, 5.41) is 12.0. The van der Waals surface area contributed by atoms with Crippen molar-refractivity contribution >= 4 is 59.4 Å². The van der Waals surface area contributed by atoms with Crippen LogP contribution in [0.1, 0.15) is 49.3 Å². The van der Waals surface area contributed by atoms with Crippen LogP contribution in [-0.2, 0) is 33.3 Å². The molecule has 4 heterocycles. The highest BCUT2D eigenvalue weighted by atomic mass is 35.5. The van der Waals surface area contributed by atoms with Crippen molar-refractivity contribution in [3.05, 3.63) is 58.1 Å². The molecule has 4 aliphatic rings. The van der Waals surface area contributed by atoms with Gasteiger partial charge in [-0.05, 0) is 68.4 Å². The Balaban J connectivity index is -0.000000446. The smallest absolute Gasteiger partial charge is 0.418 e. The number of urea groups is 1. The Morgan fingerprint density at radius 1 is 0.821 bits per heavy atom. The van der Waals surface area contributed by atoms with Crippen LogP contribution in [0.2, 0.25) is 5.02 Å². The zero-order valence-corrected chi connectivity index (χ0v) is 38.9. The molecule has 30 heteroatoms. The fourth-order valence-corrected chi connectivity index (χ4v) is 8.26. The number of anilines is 2. The lowest BCUT2D eigenvalue weighted by Gasteiger charge is -2.44. The highest BCUT2D eigenvalue weighted by Gasteiger charge is 2.39. The molecule has 6 rings (SSSR count). The normalized spacial score (nSPS) is 16.8. The summed E-state index contributed by atoms with van der Waals surface area (Å²) >= 11 is 6.11. The third-order valence-electron chi connectivity index (χ3n) is 11.3. The van der Waals surface area contributed by atoms with Crippen molar-refractivity contribution in [2.24, 2.45) is 0 Å². The number of nitrogens with one attached hydrogen (secondary N) is 1. The number of carbonyl (C=O) groups excluding carboxylic acids is 3. The molecule has 398 valence electrons. The Morgan fingerprint density at radius 3 is 1.87 bits per heavy atom. The summed E-state index contributed by atoms with van der Waals surface area (Å²) in [5.74, 6) is -1.38.